The minimum absolute atomic E-state index is 0.0150. The lowest BCUT2D eigenvalue weighted by molar-refractivity contribution is -0.870. The highest BCUT2D eigenvalue weighted by Gasteiger charge is 2.24. The second-order valence-corrected chi connectivity index (χ2v) is 21.7. The van der Waals surface area contributed by atoms with Crippen molar-refractivity contribution in [2.24, 2.45) is 0 Å². The molecule has 63 heavy (non-hydrogen) atoms. The van der Waals surface area contributed by atoms with Crippen LogP contribution in [0, 0.1) is 0 Å². The van der Waals surface area contributed by atoms with Gasteiger partial charge in [-0.2, -0.15) is 0 Å². The largest absolute Gasteiger partial charge is 0.756 e. The number of carbonyl (C=O) groups excluding carboxylic acids is 1. The highest BCUT2D eigenvalue weighted by atomic mass is 31.2. The van der Waals surface area contributed by atoms with Gasteiger partial charge in [0.15, 0.2) is 0 Å². The van der Waals surface area contributed by atoms with Crippen molar-refractivity contribution in [3.63, 3.8) is 0 Å². The number of carbonyl (C=O) groups is 1. The Balaban J connectivity index is 4.01. The van der Waals surface area contributed by atoms with Crippen LogP contribution in [0.15, 0.2) is 12.2 Å². The van der Waals surface area contributed by atoms with Gasteiger partial charge in [0.1, 0.15) is 13.2 Å². The molecule has 0 aromatic heterocycles. The summed E-state index contributed by atoms with van der Waals surface area (Å²) in [6.07, 6.45) is 55.3. The van der Waals surface area contributed by atoms with Crippen LogP contribution in [0.4, 0.5) is 0 Å². The molecule has 0 radical (unpaired) electrons. The molecule has 8 nitrogen and oxygen atoms in total. The summed E-state index contributed by atoms with van der Waals surface area (Å²) in [6.45, 7) is 4.74. The third-order valence-electron chi connectivity index (χ3n) is 12.8. The minimum atomic E-state index is -4.56. The van der Waals surface area contributed by atoms with Gasteiger partial charge in [-0.3, -0.25) is 9.36 Å². The minimum Gasteiger partial charge on any atom is -0.756 e. The number of phosphoric ester groups is 1. The van der Waals surface area contributed by atoms with Crippen molar-refractivity contribution in [2.75, 3.05) is 40.9 Å². The molecule has 9 heteroatoms. The van der Waals surface area contributed by atoms with E-state index in [-0.39, 0.29) is 19.1 Å². The molecule has 0 spiro atoms. The number of hydrogen-bond acceptors (Lipinski definition) is 6. The molecular formula is C54H109N2O6P. The Kier molecular flexibility index (Phi) is 45.8. The first-order chi connectivity index (χ1) is 30.5. The number of amides is 1. The smallest absolute Gasteiger partial charge is 0.268 e. The van der Waals surface area contributed by atoms with Gasteiger partial charge in [-0.1, -0.05) is 244 Å². The quantitative estimate of drug-likeness (QED) is 0.0272. The zero-order valence-corrected chi connectivity index (χ0v) is 43.7. The molecule has 0 aliphatic carbocycles. The van der Waals surface area contributed by atoms with E-state index in [4.69, 9.17) is 9.05 Å². The number of allylic oxidation sites excluding steroid dienone is 2. The van der Waals surface area contributed by atoms with Gasteiger partial charge >= 0.3 is 0 Å². The Labute approximate surface area is 392 Å². The van der Waals surface area contributed by atoms with Crippen LogP contribution in [0.1, 0.15) is 277 Å². The maximum absolute atomic E-state index is 12.9. The maximum atomic E-state index is 12.9. The van der Waals surface area contributed by atoms with Crippen molar-refractivity contribution in [3.8, 4) is 0 Å². The van der Waals surface area contributed by atoms with E-state index in [1.54, 1.807) is 0 Å². The number of likely N-dealkylation sites (N-methyl/N-ethyl adjacent to an activating group) is 1. The molecule has 0 fully saturated rings. The zero-order valence-electron chi connectivity index (χ0n) is 42.8. The number of nitrogens with one attached hydrogen (secondary N) is 1. The van der Waals surface area contributed by atoms with Gasteiger partial charge in [-0.15, -0.1) is 0 Å². The molecule has 3 unspecified atom stereocenters. The lowest BCUT2D eigenvalue weighted by Crippen LogP contribution is -2.46. The summed E-state index contributed by atoms with van der Waals surface area (Å²) in [6, 6.07) is -0.795. The van der Waals surface area contributed by atoms with E-state index in [2.05, 4.69) is 31.3 Å². The summed E-state index contributed by atoms with van der Waals surface area (Å²) in [5.74, 6) is -0.160. The normalized spacial score (nSPS) is 14.1. The predicted octanol–water partition coefficient (Wildman–Crippen LogP) is 15.6. The van der Waals surface area contributed by atoms with E-state index in [0.29, 0.717) is 23.9 Å². The highest BCUT2D eigenvalue weighted by molar-refractivity contribution is 7.45. The third-order valence-corrected chi connectivity index (χ3v) is 13.7. The van der Waals surface area contributed by atoms with Crippen LogP contribution in [0.2, 0.25) is 0 Å². The first-order valence-corrected chi connectivity index (χ1v) is 29.0. The summed E-state index contributed by atoms with van der Waals surface area (Å²) >= 11 is 0. The lowest BCUT2D eigenvalue weighted by Gasteiger charge is -2.30. The van der Waals surface area contributed by atoms with Crippen LogP contribution in [-0.4, -0.2) is 68.5 Å². The Bertz CT molecular complexity index is 1040. The maximum Gasteiger partial charge on any atom is 0.268 e. The number of hydrogen-bond donors (Lipinski definition) is 2. The summed E-state index contributed by atoms with van der Waals surface area (Å²) in [5.41, 5.74) is 0. The number of unbranched alkanes of at least 4 members (excludes halogenated alkanes) is 36. The van der Waals surface area contributed by atoms with Gasteiger partial charge in [-0.25, -0.2) is 0 Å². The van der Waals surface area contributed by atoms with Gasteiger partial charge < -0.3 is 28.8 Å². The van der Waals surface area contributed by atoms with Crippen molar-refractivity contribution < 1.29 is 32.9 Å². The molecule has 0 bridgehead atoms. The molecule has 2 N–H and O–H groups in total. The van der Waals surface area contributed by atoms with E-state index >= 15 is 0 Å². The molecule has 0 aromatic carbocycles. The molecule has 0 aliphatic rings. The van der Waals surface area contributed by atoms with Crippen molar-refractivity contribution >= 4 is 13.7 Å². The van der Waals surface area contributed by atoms with Gasteiger partial charge in [-0.05, 0) is 38.5 Å². The summed E-state index contributed by atoms with van der Waals surface area (Å²) < 4.78 is 23.3. The van der Waals surface area contributed by atoms with E-state index in [1.807, 2.05) is 21.1 Å². The molecular weight excluding hydrogens is 804 g/mol. The van der Waals surface area contributed by atoms with Crippen molar-refractivity contribution in [1.29, 1.82) is 0 Å². The fourth-order valence-corrected chi connectivity index (χ4v) is 9.11. The van der Waals surface area contributed by atoms with Crippen molar-refractivity contribution in [3.05, 3.63) is 12.2 Å². The first kappa shape index (κ1) is 62.2. The lowest BCUT2D eigenvalue weighted by atomic mass is 10.0. The van der Waals surface area contributed by atoms with E-state index in [0.717, 1.165) is 38.5 Å². The van der Waals surface area contributed by atoms with Gasteiger partial charge in [0.05, 0.1) is 39.9 Å². The Morgan fingerprint density at radius 3 is 1.24 bits per heavy atom. The molecule has 0 saturated heterocycles. The average Bonchev–Trinajstić information content (AvgIpc) is 3.24. The van der Waals surface area contributed by atoms with E-state index in [9.17, 15) is 19.4 Å². The van der Waals surface area contributed by atoms with Crippen LogP contribution in [-0.2, 0) is 18.4 Å². The van der Waals surface area contributed by atoms with Gasteiger partial charge in [0.2, 0.25) is 5.91 Å². The molecule has 0 aromatic rings. The van der Waals surface area contributed by atoms with Crippen LogP contribution in [0.5, 0.6) is 0 Å². The molecule has 376 valence electrons. The first-order valence-electron chi connectivity index (χ1n) is 27.5. The monoisotopic (exact) mass is 913 g/mol. The Hall–Kier alpha value is -0.760. The molecule has 1 amide bonds. The van der Waals surface area contributed by atoms with E-state index in [1.165, 1.54) is 212 Å². The van der Waals surface area contributed by atoms with E-state index < -0.39 is 20.0 Å². The Morgan fingerprint density at radius 1 is 0.540 bits per heavy atom. The second kappa shape index (κ2) is 46.4. The fraction of sp³-hybridized carbons (Fsp3) is 0.944. The number of aliphatic hydroxyl groups is 1. The summed E-state index contributed by atoms with van der Waals surface area (Å²) in [5, 5.41) is 13.9. The Morgan fingerprint density at radius 2 is 0.873 bits per heavy atom. The fourth-order valence-electron chi connectivity index (χ4n) is 8.39. The van der Waals surface area contributed by atoms with Crippen LogP contribution >= 0.6 is 7.82 Å². The average molecular weight is 913 g/mol. The highest BCUT2D eigenvalue weighted by Crippen LogP contribution is 2.38. The van der Waals surface area contributed by atoms with Crippen LogP contribution in [0.25, 0.3) is 0 Å². The summed E-state index contributed by atoms with van der Waals surface area (Å²) in [7, 11) is 1.32. The third kappa shape index (κ3) is 49.0. The zero-order chi connectivity index (χ0) is 46.4. The molecule has 3 atom stereocenters. The molecule has 0 heterocycles. The number of phosphoric acid groups is 1. The molecule has 0 rings (SSSR count). The van der Waals surface area contributed by atoms with Crippen molar-refractivity contribution in [1.82, 2.24) is 5.32 Å². The van der Waals surface area contributed by atoms with Gasteiger partial charge in [0, 0.05) is 6.42 Å². The number of nitrogens with zero attached hydrogens (tertiary/aromatic N) is 1. The van der Waals surface area contributed by atoms with Gasteiger partial charge in [0.25, 0.3) is 7.82 Å². The van der Waals surface area contributed by atoms with Crippen molar-refractivity contribution in [2.45, 2.75) is 289 Å². The summed E-state index contributed by atoms with van der Waals surface area (Å²) in [4.78, 5) is 25.4. The molecule has 0 saturated carbocycles. The second-order valence-electron chi connectivity index (χ2n) is 20.3. The predicted molar refractivity (Wildman–Crippen MR) is 270 cm³/mol. The van der Waals surface area contributed by atoms with Crippen LogP contribution < -0.4 is 10.2 Å². The molecule has 0 aliphatic heterocycles. The number of aliphatic hydroxyl groups excluding tert-OH is 1. The SMILES string of the molecule is CCCCCCCCCC/C=C\CCCCCCCCCCCCCCCCCCCC(=O)NC(COP(=O)([O-])OCC[N+](C)(C)C)C(O)CCCCCCCCCCCCCC. The number of rotatable bonds is 51. The standard InChI is InChI=1S/C54H109N2O6P/c1-6-8-10-12-14-16-18-20-21-22-23-24-25-26-27-28-29-30-31-32-33-34-35-36-38-40-42-44-46-48-54(58)55-52(51-62-63(59,60)61-50-49-56(3,4)5)53(57)47-45-43-41-39-37-19-17-15-13-11-9-7-2/h22-23,52-53,57H,6-21,24-51H2,1-5H3,(H-,55,58,59,60)/b23-22-. The topological polar surface area (TPSA) is 108 Å². The number of quaternary nitrogens is 1. The van der Waals surface area contributed by atoms with Crippen LogP contribution in [0.3, 0.4) is 0 Å².